The monoisotopic (exact) mass is 640 g/mol. The standard InChI is InChI=1S/C17H17F17O6/c18-10(19,2-1-3-39-8-6(36)5(4-35)40-9(38)7(8)37)11(20,21)12(22,23)13(24,25)14(26,27)15(28,29)16(30,31)17(32,33)34/h5-9,35-38H,1-4H2/t5-,6+,7+,8-,9-/m0/s1. The van der Waals surface area contributed by atoms with Crippen LogP contribution in [0.3, 0.4) is 0 Å². The first-order chi connectivity index (χ1) is 17.5. The lowest BCUT2D eigenvalue weighted by Crippen LogP contribution is -2.74. The van der Waals surface area contributed by atoms with Gasteiger partial charge in [-0.2, -0.15) is 74.6 Å². The van der Waals surface area contributed by atoms with Gasteiger partial charge in [-0.25, -0.2) is 0 Å². The maximum atomic E-state index is 13.9. The van der Waals surface area contributed by atoms with Crippen LogP contribution in [-0.4, -0.2) is 112 Å². The van der Waals surface area contributed by atoms with Gasteiger partial charge in [0.2, 0.25) is 0 Å². The molecular formula is C17H17F17O6. The molecule has 1 fully saturated rings. The molecule has 0 saturated carbocycles. The number of aliphatic hydroxyl groups excluding tert-OH is 4. The van der Waals surface area contributed by atoms with Crippen molar-refractivity contribution in [1.29, 1.82) is 0 Å². The van der Waals surface area contributed by atoms with E-state index in [1.807, 2.05) is 0 Å². The molecule has 0 aromatic heterocycles. The molecule has 0 aromatic rings. The zero-order valence-electron chi connectivity index (χ0n) is 18.7. The second-order valence-corrected chi connectivity index (χ2v) is 8.32. The zero-order valence-corrected chi connectivity index (χ0v) is 18.7. The average molecular weight is 640 g/mol. The van der Waals surface area contributed by atoms with Crippen molar-refractivity contribution in [3.63, 3.8) is 0 Å². The number of hydrogen-bond donors (Lipinski definition) is 4. The van der Waals surface area contributed by atoms with Gasteiger partial charge in [-0.3, -0.25) is 0 Å². The first-order valence-electron chi connectivity index (χ1n) is 10.1. The summed E-state index contributed by atoms with van der Waals surface area (Å²) >= 11 is 0. The Morgan fingerprint density at radius 3 is 1.38 bits per heavy atom. The Balaban J connectivity index is 3.19. The maximum absolute atomic E-state index is 13.9. The van der Waals surface area contributed by atoms with E-state index < -0.39 is 104 Å². The second kappa shape index (κ2) is 11.0. The van der Waals surface area contributed by atoms with Gasteiger partial charge in [0.25, 0.3) is 0 Å². The summed E-state index contributed by atoms with van der Waals surface area (Å²) in [6.07, 6.45) is -22.5. The fourth-order valence-electron chi connectivity index (χ4n) is 3.13. The van der Waals surface area contributed by atoms with Crippen molar-refractivity contribution in [2.45, 2.75) is 91.2 Å². The lowest BCUT2D eigenvalue weighted by molar-refractivity contribution is -0.461. The summed E-state index contributed by atoms with van der Waals surface area (Å²) in [6, 6.07) is 0. The van der Waals surface area contributed by atoms with Crippen LogP contribution in [0.4, 0.5) is 74.6 Å². The fraction of sp³-hybridized carbons (Fsp3) is 1.00. The molecule has 0 unspecified atom stereocenters. The summed E-state index contributed by atoms with van der Waals surface area (Å²) in [6.45, 7) is -2.47. The lowest BCUT2D eigenvalue weighted by Gasteiger charge is -2.43. The van der Waals surface area contributed by atoms with Crippen molar-refractivity contribution >= 4 is 0 Å². The zero-order chi connectivity index (χ0) is 32.1. The number of ether oxygens (including phenoxy) is 2. The predicted octanol–water partition coefficient (Wildman–Crippen LogP) is 3.59. The van der Waals surface area contributed by atoms with Crippen LogP contribution in [-0.2, 0) is 9.47 Å². The second-order valence-electron chi connectivity index (χ2n) is 8.32. The molecule has 23 heteroatoms. The predicted molar refractivity (Wildman–Crippen MR) is 89.6 cm³/mol. The minimum absolute atomic E-state index is 1.06. The van der Waals surface area contributed by atoms with E-state index in [-0.39, 0.29) is 0 Å². The van der Waals surface area contributed by atoms with Crippen molar-refractivity contribution in [1.82, 2.24) is 0 Å². The molecule has 1 rings (SSSR count). The van der Waals surface area contributed by atoms with Crippen LogP contribution < -0.4 is 0 Å². The van der Waals surface area contributed by atoms with Crippen LogP contribution in [0.5, 0.6) is 0 Å². The first-order valence-corrected chi connectivity index (χ1v) is 10.1. The van der Waals surface area contributed by atoms with Gasteiger partial charge in [0.1, 0.15) is 24.4 Å². The third-order valence-electron chi connectivity index (χ3n) is 5.57. The van der Waals surface area contributed by atoms with E-state index in [9.17, 15) is 90.0 Å². The number of rotatable bonds is 12. The molecule has 5 atom stereocenters. The minimum atomic E-state index is -8.72. The molecule has 1 heterocycles. The van der Waals surface area contributed by atoms with E-state index in [1.165, 1.54) is 0 Å². The van der Waals surface area contributed by atoms with Crippen LogP contribution in [0.1, 0.15) is 12.8 Å². The number of hydrogen-bond acceptors (Lipinski definition) is 6. The Morgan fingerprint density at radius 2 is 0.975 bits per heavy atom. The highest BCUT2D eigenvalue weighted by atomic mass is 19.4. The Bertz CT molecular complexity index is 864. The fourth-order valence-corrected chi connectivity index (χ4v) is 3.13. The molecule has 40 heavy (non-hydrogen) atoms. The van der Waals surface area contributed by atoms with Crippen LogP contribution in [0.25, 0.3) is 0 Å². The van der Waals surface area contributed by atoms with Crippen LogP contribution in [0.15, 0.2) is 0 Å². The molecule has 0 bridgehead atoms. The van der Waals surface area contributed by atoms with Gasteiger partial charge in [0, 0.05) is 13.0 Å². The van der Waals surface area contributed by atoms with E-state index in [1.54, 1.807) is 0 Å². The highest BCUT2D eigenvalue weighted by Gasteiger charge is 2.95. The molecule has 0 aromatic carbocycles. The summed E-state index contributed by atoms with van der Waals surface area (Å²) in [5, 5.41) is 37.7. The Hall–Kier alpha value is -1.43. The molecule has 4 N–H and O–H groups in total. The Kier molecular flexibility index (Phi) is 10.1. The van der Waals surface area contributed by atoms with Gasteiger partial charge < -0.3 is 29.9 Å². The van der Waals surface area contributed by atoms with Crippen molar-refractivity contribution in [2.24, 2.45) is 0 Å². The normalized spacial score (nSPS) is 26.8. The summed E-state index contributed by atoms with van der Waals surface area (Å²) < 4.78 is 234. The number of alkyl halides is 17. The van der Waals surface area contributed by atoms with Crippen molar-refractivity contribution < 1.29 is 105 Å². The van der Waals surface area contributed by atoms with E-state index in [0.29, 0.717) is 0 Å². The third kappa shape index (κ3) is 5.52. The third-order valence-corrected chi connectivity index (χ3v) is 5.57. The quantitative estimate of drug-likeness (QED) is 0.193. The Morgan fingerprint density at radius 1 is 0.575 bits per heavy atom. The highest BCUT2D eigenvalue weighted by molar-refractivity contribution is 5.15. The van der Waals surface area contributed by atoms with Gasteiger partial charge in [0.05, 0.1) is 6.61 Å². The van der Waals surface area contributed by atoms with E-state index >= 15 is 0 Å². The van der Waals surface area contributed by atoms with Crippen LogP contribution >= 0.6 is 0 Å². The summed E-state index contributed by atoms with van der Waals surface area (Å²) in [5.74, 6) is -57.1. The van der Waals surface area contributed by atoms with Crippen molar-refractivity contribution in [3.05, 3.63) is 0 Å². The summed E-state index contributed by atoms with van der Waals surface area (Å²) in [5.41, 5.74) is 0. The Labute approximate surface area is 210 Å². The van der Waals surface area contributed by atoms with E-state index in [4.69, 9.17) is 5.11 Å². The highest BCUT2D eigenvalue weighted by Crippen LogP contribution is 2.64. The van der Waals surface area contributed by atoms with Gasteiger partial charge in [-0.1, -0.05) is 0 Å². The molecule has 240 valence electrons. The van der Waals surface area contributed by atoms with Crippen molar-refractivity contribution in [2.75, 3.05) is 13.2 Å². The topological polar surface area (TPSA) is 99.4 Å². The van der Waals surface area contributed by atoms with E-state index in [2.05, 4.69) is 9.47 Å². The summed E-state index contributed by atoms with van der Waals surface area (Å²) in [4.78, 5) is 0. The van der Waals surface area contributed by atoms with Gasteiger partial charge in [-0.15, -0.1) is 0 Å². The lowest BCUT2D eigenvalue weighted by atomic mass is 9.88. The molecule has 1 aliphatic heterocycles. The van der Waals surface area contributed by atoms with Gasteiger partial charge in [-0.05, 0) is 6.42 Å². The number of aliphatic hydroxyl groups is 4. The molecular weight excluding hydrogens is 623 g/mol. The van der Waals surface area contributed by atoms with Crippen LogP contribution in [0.2, 0.25) is 0 Å². The van der Waals surface area contributed by atoms with E-state index in [0.717, 1.165) is 0 Å². The van der Waals surface area contributed by atoms with Gasteiger partial charge in [0.15, 0.2) is 6.29 Å². The molecule has 0 amide bonds. The maximum Gasteiger partial charge on any atom is 0.460 e. The average Bonchev–Trinajstić information content (AvgIpc) is 2.79. The van der Waals surface area contributed by atoms with Crippen molar-refractivity contribution in [3.8, 4) is 0 Å². The smallest absolute Gasteiger partial charge is 0.394 e. The largest absolute Gasteiger partial charge is 0.460 e. The molecule has 0 radical (unpaired) electrons. The SMILES string of the molecule is OC[C@@H]1O[C@H](O)[C@H](O)[C@@H](OCCCC(F)(F)C(F)(F)C(F)(F)C(F)(F)C(F)(F)C(F)(F)C(F)(F)C(F)(F)F)[C@@H]1O. The molecule has 1 saturated heterocycles. The molecule has 1 aliphatic rings. The van der Waals surface area contributed by atoms with Crippen LogP contribution in [0, 0.1) is 0 Å². The first kappa shape index (κ1) is 36.6. The summed E-state index contributed by atoms with van der Waals surface area (Å²) in [7, 11) is 0. The van der Waals surface area contributed by atoms with Gasteiger partial charge >= 0.3 is 47.6 Å². The molecule has 0 aliphatic carbocycles. The number of halogens is 17. The molecule has 0 spiro atoms. The molecule has 6 nitrogen and oxygen atoms in total. The minimum Gasteiger partial charge on any atom is -0.394 e.